The number of hydrogen-bond acceptors (Lipinski definition) is 5. The number of halogens is 1. The molecule has 2 N–H and O–H groups in total. The number of nitrogens with one attached hydrogen (secondary N) is 2. The minimum Gasteiger partial charge on any atom is -0.347 e. The average molecular weight is 428 g/mol. The Kier molecular flexibility index (Phi) is 9.35. The molecule has 1 aromatic carbocycles. The summed E-state index contributed by atoms with van der Waals surface area (Å²) in [5.41, 5.74) is 1.40. The Bertz CT molecular complexity index is 915. The van der Waals surface area contributed by atoms with Crippen LogP contribution in [0.1, 0.15) is 62.9 Å². The van der Waals surface area contributed by atoms with E-state index in [2.05, 4.69) is 21.4 Å². The Morgan fingerprint density at radius 1 is 1.23 bits per heavy atom. The first kappa shape index (κ1) is 24.2. The normalized spacial score (nSPS) is 11.9. The molecule has 0 aliphatic rings. The summed E-state index contributed by atoms with van der Waals surface area (Å²) in [5, 5.41) is 12.6. The van der Waals surface area contributed by atoms with Crippen LogP contribution in [0, 0.1) is 17.1 Å². The zero-order chi connectivity index (χ0) is 22.8. The lowest BCUT2D eigenvalue weighted by Crippen LogP contribution is -2.36. The van der Waals surface area contributed by atoms with E-state index in [4.69, 9.17) is 0 Å². The second-order valence-corrected chi connectivity index (χ2v) is 7.82. The molecule has 0 fully saturated rings. The Morgan fingerprint density at radius 2 is 1.94 bits per heavy atom. The molecule has 0 bridgehead atoms. The van der Waals surface area contributed by atoms with Gasteiger partial charge >= 0.3 is 0 Å². The third-order valence-corrected chi connectivity index (χ3v) is 4.94. The Hall–Kier alpha value is -3.05. The van der Waals surface area contributed by atoms with Gasteiger partial charge < -0.3 is 15.2 Å². The van der Waals surface area contributed by atoms with E-state index in [9.17, 15) is 19.2 Å². The number of carbonyl (C=O) groups is 2. The number of likely N-dealkylation sites (N-methyl/N-ethyl adjacent to an activating group) is 1. The van der Waals surface area contributed by atoms with Gasteiger partial charge in [-0.3, -0.25) is 9.59 Å². The first-order valence-electron chi connectivity index (χ1n) is 10.6. The number of unbranched alkanes of at least 4 members (excludes halogenated alkanes) is 2. The van der Waals surface area contributed by atoms with Crippen LogP contribution < -0.4 is 5.32 Å². The summed E-state index contributed by atoms with van der Waals surface area (Å²) in [4.78, 5) is 33.2. The number of carbonyl (C=O) groups excluding carboxylic acids is 2. The van der Waals surface area contributed by atoms with Crippen molar-refractivity contribution in [3.8, 4) is 17.5 Å². The number of benzene rings is 1. The van der Waals surface area contributed by atoms with Gasteiger partial charge in [-0.25, -0.2) is 9.37 Å². The minimum atomic E-state index is -0.411. The first-order chi connectivity index (χ1) is 14.8. The molecule has 0 spiro atoms. The molecule has 0 aliphatic heterocycles. The maximum absolute atomic E-state index is 13.2. The van der Waals surface area contributed by atoms with Crippen LogP contribution in [0.15, 0.2) is 24.3 Å². The molecular formula is C23H30FN5O2. The molecular weight excluding hydrogens is 397 g/mol. The number of nitriles is 1. The molecule has 1 aromatic heterocycles. The summed E-state index contributed by atoms with van der Waals surface area (Å²) in [6.07, 6.45) is 4.18. The predicted octanol–water partition coefficient (Wildman–Crippen LogP) is 3.74. The van der Waals surface area contributed by atoms with E-state index in [-0.39, 0.29) is 29.7 Å². The minimum absolute atomic E-state index is 0.155. The summed E-state index contributed by atoms with van der Waals surface area (Å²) in [6, 6.07) is 7.52. The van der Waals surface area contributed by atoms with Crippen LogP contribution in [0.25, 0.3) is 11.4 Å². The monoisotopic (exact) mass is 427 g/mol. The highest BCUT2D eigenvalue weighted by Crippen LogP contribution is 2.26. The number of rotatable bonds is 12. The smallest absolute Gasteiger partial charge is 0.234 e. The van der Waals surface area contributed by atoms with Gasteiger partial charge in [0.2, 0.25) is 5.91 Å². The molecule has 31 heavy (non-hydrogen) atoms. The molecule has 166 valence electrons. The van der Waals surface area contributed by atoms with E-state index in [0.29, 0.717) is 36.3 Å². The molecule has 1 atom stereocenters. The average Bonchev–Trinajstić information content (AvgIpc) is 3.16. The van der Waals surface area contributed by atoms with Crippen molar-refractivity contribution in [2.75, 3.05) is 20.6 Å². The number of Topliss-reactive ketones (excluding diaryl/α,β-unsaturated/α-hetero) is 1. The molecule has 0 radical (unpaired) electrons. The zero-order valence-corrected chi connectivity index (χ0v) is 18.4. The van der Waals surface area contributed by atoms with E-state index in [1.54, 1.807) is 17.0 Å². The van der Waals surface area contributed by atoms with Gasteiger partial charge in [0.15, 0.2) is 5.69 Å². The molecule has 0 unspecified atom stereocenters. The fraction of sp³-hybridized carbons (Fsp3) is 0.478. The summed E-state index contributed by atoms with van der Waals surface area (Å²) >= 11 is 0. The second kappa shape index (κ2) is 12.0. The van der Waals surface area contributed by atoms with Gasteiger partial charge in [0.1, 0.15) is 23.5 Å². The van der Waals surface area contributed by atoms with Crippen LogP contribution in [0.2, 0.25) is 0 Å². The van der Waals surface area contributed by atoms with Crippen LogP contribution in [0.3, 0.4) is 0 Å². The Labute approximate surface area is 182 Å². The lowest BCUT2D eigenvalue weighted by atomic mass is 10.0. The fourth-order valence-electron chi connectivity index (χ4n) is 3.31. The van der Waals surface area contributed by atoms with Crippen molar-refractivity contribution < 1.29 is 14.0 Å². The summed E-state index contributed by atoms with van der Waals surface area (Å²) in [6.45, 7) is 2.08. The van der Waals surface area contributed by atoms with Crippen molar-refractivity contribution >= 4 is 11.7 Å². The van der Waals surface area contributed by atoms with Crippen LogP contribution in [0.4, 0.5) is 4.39 Å². The maximum Gasteiger partial charge on any atom is 0.234 e. The predicted molar refractivity (Wildman–Crippen MR) is 117 cm³/mol. The van der Waals surface area contributed by atoms with Crippen LogP contribution in [0.5, 0.6) is 0 Å². The molecule has 2 aromatic rings. The lowest BCUT2D eigenvalue weighted by molar-refractivity contribution is -0.122. The third-order valence-electron chi connectivity index (χ3n) is 4.94. The van der Waals surface area contributed by atoms with Crippen LogP contribution in [-0.4, -0.2) is 47.2 Å². The molecule has 8 heteroatoms. The van der Waals surface area contributed by atoms with Crippen molar-refractivity contribution in [2.24, 2.45) is 0 Å². The first-order valence-corrected chi connectivity index (χ1v) is 10.6. The molecule has 1 heterocycles. The van der Waals surface area contributed by atoms with E-state index in [1.807, 2.05) is 21.0 Å². The van der Waals surface area contributed by atoms with E-state index < -0.39 is 6.04 Å². The number of hydrogen-bond donors (Lipinski definition) is 2. The van der Waals surface area contributed by atoms with Crippen molar-refractivity contribution in [2.45, 2.75) is 51.5 Å². The van der Waals surface area contributed by atoms with Gasteiger partial charge in [-0.2, -0.15) is 5.26 Å². The molecule has 0 saturated heterocycles. The third kappa shape index (κ3) is 7.61. The van der Waals surface area contributed by atoms with Gasteiger partial charge in [0.05, 0.1) is 18.3 Å². The van der Waals surface area contributed by atoms with Gasteiger partial charge in [-0.1, -0.05) is 19.8 Å². The number of amides is 1. The quantitative estimate of drug-likeness (QED) is 0.503. The van der Waals surface area contributed by atoms with Gasteiger partial charge in [0, 0.05) is 18.4 Å². The second-order valence-electron chi connectivity index (χ2n) is 7.82. The molecule has 1 amide bonds. The SMILES string of the molecule is CCC(=O)CCCCC[C@H](NC(=O)CN(C)C)c1[nH]c(-c2ccc(F)cc2)nc1C#N. The number of aromatic nitrogens is 2. The van der Waals surface area contributed by atoms with Crippen molar-refractivity contribution in [3.05, 3.63) is 41.5 Å². The molecule has 2 rings (SSSR count). The highest BCUT2D eigenvalue weighted by molar-refractivity contribution is 5.78. The standard InChI is InChI=1S/C23H30FN5O2/c1-4-18(30)8-6-5-7-9-19(26-21(31)15-29(2)3)22-20(14-25)27-23(28-22)16-10-12-17(24)13-11-16/h10-13,19H,4-9,15H2,1-3H3,(H,26,31)(H,27,28)/t19-/m0/s1. The number of imidazole rings is 1. The van der Waals surface area contributed by atoms with Crippen molar-refractivity contribution in [1.82, 2.24) is 20.2 Å². The van der Waals surface area contributed by atoms with Gasteiger partial charge in [-0.15, -0.1) is 0 Å². The number of H-pyrrole nitrogens is 1. The topological polar surface area (TPSA) is 102 Å². The van der Waals surface area contributed by atoms with Crippen molar-refractivity contribution in [3.63, 3.8) is 0 Å². The van der Waals surface area contributed by atoms with Gasteiger partial charge in [0.25, 0.3) is 0 Å². The van der Waals surface area contributed by atoms with E-state index in [0.717, 1.165) is 19.3 Å². The van der Waals surface area contributed by atoms with E-state index >= 15 is 0 Å². The fourth-order valence-corrected chi connectivity index (χ4v) is 3.31. The zero-order valence-electron chi connectivity index (χ0n) is 18.4. The maximum atomic E-state index is 13.2. The molecule has 7 nitrogen and oxygen atoms in total. The van der Waals surface area contributed by atoms with Gasteiger partial charge in [-0.05, 0) is 51.2 Å². The highest BCUT2D eigenvalue weighted by Gasteiger charge is 2.22. The van der Waals surface area contributed by atoms with Crippen LogP contribution >= 0.6 is 0 Å². The summed E-state index contributed by atoms with van der Waals surface area (Å²) in [5.74, 6) is 0.191. The lowest BCUT2D eigenvalue weighted by Gasteiger charge is -2.19. The van der Waals surface area contributed by atoms with E-state index in [1.165, 1.54) is 12.1 Å². The Morgan fingerprint density at radius 3 is 2.55 bits per heavy atom. The Balaban J connectivity index is 2.19. The molecule has 0 aliphatic carbocycles. The summed E-state index contributed by atoms with van der Waals surface area (Å²) < 4.78 is 13.2. The summed E-state index contributed by atoms with van der Waals surface area (Å²) in [7, 11) is 3.62. The number of ketones is 1. The largest absolute Gasteiger partial charge is 0.347 e. The number of aromatic amines is 1. The molecule has 0 saturated carbocycles. The highest BCUT2D eigenvalue weighted by atomic mass is 19.1. The van der Waals surface area contributed by atoms with Crippen LogP contribution in [-0.2, 0) is 9.59 Å². The van der Waals surface area contributed by atoms with Crippen molar-refractivity contribution in [1.29, 1.82) is 5.26 Å². The number of nitrogens with zero attached hydrogens (tertiary/aromatic N) is 3.